The summed E-state index contributed by atoms with van der Waals surface area (Å²) in [6.07, 6.45) is 0. The number of aromatic amines is 1. The Morgan fingerprint density at radius 1 is 1.09 bits per heavy atom. The Morgan fingerprint density at radius 2 is 1.86 bits per heavy atom. The number of hydrogen-bond acceptors (Lipinski definition) is 4. The van der Waals surface area contributed by atoms with Crippen LogP contribution >= 0.6 is 0 Å². The van der Waals surface area contributed by atoms with E-state index in [-0.39, 0.29) is 5.92 Å². The molecule has 1 aromatic heterocycles. The van der Waals surface area contributed by atoms with Gasteiger partial charge in [-0.25, -0.2) is 4.98 Å². The normalized spacial score (nSPS) is 12.3. The predicted molar refractivity (Wildman–Crippen MR) is 86.5 cm³/mol. The van der Waals surface area contributed by atoms with Gasteiger partial charge < -0.3 is 20.2 Å². The Morgan fingerprint density at radius 3 is 2.55 bits per heavy atom. The van der Waals surface area contributed by atoms with Gasteiger partial charge in [-0.05, 0) is 29.8 Å². The number of methoxy groups -OCH3 is 2. The van der Waals surface area contributed by atoms with E-state index < -0.39 is 0 Å². The molecule has 1 atom stereocenters. The Bertz CT molecular complexity index is 749. The zero-order valence-electron chi connectivity index (χ0n) is 12.7. The molecule has 0 radical (unpaired) electrons. The lowest BCUT2D eigenvalue weighted by molar-refractivity contribution is 0.354. The van der Waals surface area contributed by atoms with Gasteiger partial charge in [0.2, 0.25) is 0 Å². The highest BCUT2D eigenvalue weighted by atomic mass is 16.5. The number of ether oxygens (including phenoxy) is 2. The van der Waals surface area contributed by atoms with Crippen LogP contribution in [-0.4, -0.2) is 30.7 Å². The van der Waals surface area contributed by atoms with Crippen LogP contribution < -0.4 is 15.2 Å². The largest absolute Gasteiger partial charge is 0.493 e. The Kier molecular flexibility index (Phi) is 3.98. The number of H-pyrrole nitrogens is 1. The highest BCUT2D eigenvalue weighted by molar-refractivity contribution is 5.75. The second-order valence-electron chi connectivity index (χ2n) is 5.04. The molecule has 22 heavy (non-hydrogen) atoms. The standard InChI is InChI=1S/C17H19N3O2/c1-21-15-8-7-11(9-16(15)22-2)12(10-18)17-19-13-5-3-4-6-14(13)20-17/h3-9,12H,10,18H2,1-2H3,(H,19,20). The maximum Gasteiger partial charge on any atom is 0.161 e. The predicted octanol–water partition coefficient (Wildman–Crippen LogP) is 2.67. The third kappa shape index (κ3) is 2.51. The summed E-state index contributed by atoms with van der Waals surface area (Å²) < 4.78 is 10.6. The minimum absolute atomic E-state index is 0.0211. The van der Waals surface area contributed by atoms with Gasteiger partial charge in [0.1, 0.15) is 5.82 Å². The fraction of sp³-hybridized carbons (Fsp3) is 0.235. The Balaban J connectivity index is 2.03. The topological polar surface area (TPSA) is 73.2 Å². The van der Waals surface area contributed by atoms with Gasteiger partial charge in [0.25, 0.3) is 0 Å². The van der Waals surface area contributed by atoms with Crippen LogP contribution in [0.15, 0.2) is 42.5 Å². The number of para-hydroxylation sites is 2. The molecule has 0 aliphatic rings. The molecule has 0 bridgehead atoms. The van der Waals surface area contributed by atoms with Crippen molar-refractivity contribution in [2.24, 2.45) is 5.73 Å². The maximum absolute atomic E-state index is 5.99. The molecule has 2 aromatic carbocycles. The van der Waals surface area contributed by atoms with E-state index in [1.165, 1.54) is 0 Å². The average Bonchev–Trinajstić information content (AvgIpc) is 2.98. The van der Waals surface area contributed by atoms with Crippen molar-refractivity contribution >= 4 is 11.0 Å². The van der Waals surface area contributed by atoms with Gasteiger partial charge in [-0.15, -0.1) is 0 Å². The van der Waals surface area contributed by atoms with Crippen molar-refractivity contribution in [2.75, 3.05) is 20.8 Å². The number of aromatic nitrogens is 2. The molecule has 5 heteroatoms. The van der Waals surface area contributed by atoms with Crippen LogP contribution in [0.25, 0.3) is 11.0 Å². The van der Waals surface area contributed by atoms with E-state index in [1.54, 1.807) is 14.2 Å². The summed E-state index contributed by atoms with van der Waals surface area (Å²) in [5.41, 5.74) is 8.98. The SMILES string of the molecule is COc1ccc(C(CN)c2nc3ccccc3[nH]2)cc1OC. The van der Waals surface area contributed by atoms with Crippen LogP contribution in [0.2, 0.25) is 0 Å². The maximum atomic E-state index is 5.99. The monoisotopic (exact) mass is 297 g/mol. The minimum atomic E-state index is -0.0211. The first kappa shape index (κ1) is 14.4. The van der Waals surface area contributed by atoms with E-state index in [4.69, 9.17) is 15.2 Å². The van der Waals surface area contributed by atoms with E-state index >= 15 is 0 Å². The average molecular weight is 297 g/mol. The van der Waals surface area contributed by atoms with Crippen LogP contribution in [0, 0.1) is 0 Å². The summed E-state index contributed by atoms with van der Waals surface area (Å²) in [5, 5.41) is 0. The van der Waals surface area contributed by atoms with E-state index in [2.05, 4.69) is 9.97 Å². The number of nitrogens with two attached hydrogens (primary N) is 1. The van der Waals surface area contributed by atoms with E-state index in [1.807, 2.05) is 42.5 Å². The van der Waals surface area contributed by atoms with E-state index in [9.17, 15) is 0 Å². The smallest absolute Gasteiger partial charge is 0.161 e. The lowest BCUT2D eigenvalue weighted by Gasteiger charge is -2.15. The molecule has 1 heterocycles. The first-order valence-electron chi connectivity index (χ1n) is 7.13. The van der Waals surface area contributed by atoms with Gasteiger partial charge in [0.05, 0.1) is 31.2 Å². The summed E-state index contributed by atoms with van der Waals surface area (Å²) in [6, 6.07) is 13.8. The molecule has 0 saturated carbocycles. The van der Waals surface area contributed by atoms with Crippen LogP contribution in [0.3, 0.4) is 0 Å². The number of hydrogen-bond donors (Lipinski definition) is 2. The third-order valence-corrected chi connectivity index (χ3v) is 3.78. The van der Waals surface area contributed by atoms with Gasteiger partial charge in [0, 0.05) is 6.54 Å². The molecular weight excluding hydrogens is 278 g/mol. The molecule has 0 aliphatic carbocycles. The zero-order valence-corrected chi connectivity index (χ0v) is 12.7. The highest BCUT2D eigenvalue weighted by Crippen LogP contribution is 2.32. The van der Waals surface area contributed by atoms with Crippen LogP contribution in [0.1, 0.15) is 17.3 Å². The molecule has 5 nitrogen and oxygen atoms in total. The Hall–Kier alpha value is -2.53. The van der Waals surface area contributed by atoms with Gasteiger partial charge >= 0.3 is 0 Å². The number of nitrogens with one attached hydrogen (secondary N) is 1. The van der Waals surface area contributed by atoms with Crippen molar-refractivity contribution in [3.8, 4) is 11.5 Å². The second-order valence-corrected chi connectivity index (χ2v) is 5.04. The lowest BCUT2D eigenvalue weighted by Crippen LogP contribution is -2.15. The van der Waals surface area contributed by atoms with Gasteiger partial charge in [-0.3, -0.25) is 0 Å². The number of rotatable bonds is 5. The molecule has 1 unspecified atom stereocenters. The molecule has 3 rings (SSSR count). The van der Waals surface area contributed by atoms with E-state index in [0.29, 0.717) is 18.0 Å². The van der Waals surface area contributed by atoms with Crippen molar-refractivity contribution < 1.29 is 9.47 Å². The molecule has 0 aliphatic heterocycles. The van der Waals surface area contributed by atoms with Crippen molar-refractivity contribution in [3.05, 3.63) is 53.9 Å². The molecule has 3 N–H and O–H groups in total. The zero-order chi connectivity index (χ0) is 15.5. The molecule has 0 amide bonds. The quantitative estimate of drug-likeness (QED) is 0.759. The van der Waals surface area contributed by atoms with Crippen molar-refractivity contribution in [3.63, 3.8) is 0 Å². The third-order valence-electron chi connectivity index (χ3n) is 3.78. The van der Waals surface area contributed by atoms with Crippen LogP contribution in [0.5, 0.6) is 11.5 Å². The van der Waals surface area contributed by atoms with Crippen molar-refractivity contribution in [1.82, 2.24) is 9.97 Å². The summed E-state index contributed by atoms with van der Waals surface area (Å²) in [7, 11) is 3.25. The molecule has 114 valence electrons. The van der Waals surface area contributed by atoms with Crippen molar-refractivity contribution in [1.29, 1.82) is 0 Å². The van der Waals surface area contributed by atoms with Crippen molar-refractivity contribution in [2.45, 2.75) is 5.92 Å². The van der Waals surface area contributed by atoms with Crippen LogP contribution in [-0.2, 0) is 0 Å². The summed E-state index contributed by atoms with van der Waals surface area (Å²) in [5.74, 6) is 2.23. The second kappa shape index (κ2) is 6.07. The van der Waals surface area contributed by atoms with Gasteiger partial charge in [-0.1, -0.05) is 18.2 Å². The Labute approximate surface area is 129 Å². The molecule has 0 spiro atoms. The van der Waals surface area contributed by atoms with Gasteiger partial charge in [-0.2, -0.15) is 0 Å². The lowest BCUT2D eigenvalue weighted by atomic mass is 9.98. The van der Waals surface area contributed by atoms with Gasteiger partial charge in [0.15, 0.2) is 11.5 Å². The molecular formula is C17H19N3O2. The van der Waals surface area contributed by atoms with Crippen LogP contribution in [0.4, 0.5) is 0 Å². The first-order chi connectivity index (χ1) is 10.8. The molecule has 3 aromatic rings. The fourth-order valence-electron chi connectivity index (χ4n) is 2.61. The first-order valence-corrected chi connectivity index (χ1v) is 7.13. The number of imidazole rings is 1. The minimum Gasteiger partial charge on any atom is -0.493 e. The highest BCUT2D eigenvalue weighted by Gasteiger charge is 2.18. The summed E-state index contributed by atoms with van der Waals surface area (Å²) >= 11 is 0. The molecule has 0 saturated heterocycles. The van der Waals surface area contributed by atoms with E-state index in [0.717, 1.165) is 22.4 Å². The summed E-state index contributed by atoms with van der Waals surface area (Å²) in [4.78, 5) is 8.00. The molecule has 0 fully saturated rings. The fourth-order valence-corrected chi connectivity index (χ4v) is 2.61. The number of benzene rings is 2. The number of nitrogens with zero attached hydrogens (tertiary/aromatic N) is 1. The summed E-state index contributed by atoms with van der Waals surface area (Å²) in [6.45, 7) is 0.454. The number of fused-ring (bicyclic) bond motifs is 1.